The molecule has 48 heavy (non-hydrogen) atoms. The Kier molecular flexibility index (Phi) is 8.69. The first-order chi connectivity index (χ1) is 23.3. The monoisotopic (exact) mass is 654 g/mol. The molecule has 0 radical (unpaired) electrons. The maximum atomic E-state index is 14.4. The first kappa shape index (κ1) is 31.6. The van der Waals surface area contributed by atoms with Crippen molar-refractivity contribution in [2.75, 3.05) is 5.32 Å². The summed E-state index contributed by atoms with van der Waals surface area (Å²) >= 11 is 6.77. The molecule has 0 aliphatic heterocycles. The first-order valence-corrected chi connectivity index (χ1v) is 16.7. The van der Waals surface area contributed by atoms with Gasteiger partial charge in [-0.2, -0.15) is 0 Å². The molecule has 0 saturated carbocycles. The largest absolute Gasteiger partial charge is 0.481 e. The summed E-state index contributed by atoms with van der Waals surface area (Å²) in [4.78, 5) is 39.7. The lowest BCUT2D eigenvalue weighted by Crippen LogP contribution is -2.25. The Morgan fingerprint density at radius 2 is 1.56 bits per heavy atom. The Labute approximate surface area is 284 Å². The van der Waals surface area contributed by atoms with Gasteiger partial charge in [-0.15, -0.1) is 0 Å². The van der Waals surface area contributed by atoms with Crippen molar-refractivity contribution in [1.82, 2.24) is 0 Å². The summed E-state index contributed by atoms with van der Waals surface area (Å²) in [6.45, 7) is 0.343. The molecule has 0 spiro atoms. The van der Waals surface area contributed by atoms with Gasteiger partial charge in [-0.05, 0) is 106 Å². The van der Waals surface area contributed by atoms with Crippen molar-refractivity contribution in [3.63, 3.8) is 0 Å². The van der Waals surface area contributed by atoms with Crippen LogP contribution in [-0.4, -0.2) is 22.8 Å². The average molecular weight is 655 g/mol. The third kappa shape index (κ3) is 5.83. The number of nitrogens with two attached hydrogens (primary N) is 1. The second kappa shape index (κ2) is 13.2. The minimum absolute atomic E-state index is 0.0528. The van der Waals surface area contributed by atoms with Gasteiger partial charge in [-0.1, -0.05) is 90.5 Å². The fourth-order valence-corrected chi connectivity index (χ4v) is 7.85. The summed E-state index contributed by atoms with van der Waals surface area (Å²) in [6, 6.07) is 32.5. The van der Waals surface area contributed by atoms with Crippen LogP contribution in [0.15, 0.2) is 103 Å². The summed E-state index contributed by atoms with van der Waals surface area (Å²) in [5, 5.41) is 12.8. The van der Waals surface area contributed by atoms with Crippen LogP contribution in [0.1, 0.15) is 79.6 Å². The van der Waals surface area contributed by atoms with Gasteiger partial charge in [0.1, 0.15) is 0 Å². The van der Waals surface area contributed by atoms with E-state index in [4.69, 9.17) is 17.3 Å². The van der Waals surface area contributed by atoms with Crippen molar-refractivity contribution >= 4 is 34.9 Å². The zero-order chi connectivity index (χ0) is 33.4. The molecule has 4 N–H and O–H groups in total. The van der Waals surface area contributed by atoms with E-state index in [0.29, 0.717) is 29.8 Å². The lowest BCUT2D eigenvalue weighted by Gasteiger charge is -2.34. The van der Waals surface area contributed by atoms with Crippen molar-refractivity contribution in [3.8, 4) is 22.3 Å². The van der Waals surface area contributed by atoms with Gasteiger partial charge in [-0.3, -0.25) is 14.4 Å². The molecule has 2 unspecified atom stereocenters. The molecule has 1 amide bonds. The highest BCUT2D eigenvalue weighted by Crippen LogP contribution is 2.47. The predicted molar refractivity (Wildman–Crippen MR) is 190 cm³/mol. The molecule has 0 heterocycles. The Balaban J connectivity index is 1.21. The molecule has 240 valence electrons. The normalized spacial score (nSPS) is 16.3. The Bertz CT molecular complexity index is 2090. The number of carboxylic acids is 1. The molecular weight excluding hydrogens is 620 g/mol. The highest BCUT2D eigenvalue weighted by molar-refractivity contribution is 6.34. The molecular formula is C41H35ClN2O4. The first-order valence-electron chi connectivity index (χ1n) is 16.3. The van der Waals surface area contributed by atoms with Crippen molar-refractivity contribution in [3.05, 3.63) is 147 Å². The number of carbonyl (C=O) groups excluding carboxylic acids is 2. The van der Waals surface area contributed by atoms with Gasteiger partial charge < -0.3 is 16.2 Å². The van der Waals surface area contributed by atoms with Crippen LogP contribution in [0, 0.1) is 0 Å². The zero-order valence-electron chi connectivity index (χ0n) is 26.3. The van der Waals surface area contributed by atoms with Crippen molar-refractivity contribution < 1.29 is 19.5 Å². The second-order valence-corrected chi connectivity index (χ2v) is 13.0. The lowest BCUT2D eigenvalue weighted by atomic mass is 9.69. The number of hydrogen-bond acceptors (Lipinski definition) is 4. The van der Waals surface area contributed by atoms with E-state index in [-0.39, 0.29) is 29.1 Å². The van der Waals surface area contributed by atoms with Crippen LogP contribution in [0.4, 0.5) is 5.69 Å². The fourth-order valence-electron chi connectivity index (χ4n) is 7.62. The van der Waals surface area contributed by atoms with Crippen LogP contribution >= 0.6 is 11.6 Å². The molecule has 7 rings (SSSR count). The van der Waals surface area contributed by atoms with E-state index in [1.54, 1.807) is 24.3 Å². The molecule has 7 heteroatoms. The molecule has 5 aromatic carbocycles. The highest BCUT2D eigenvalue weighted by Gasteiger charge is 2.36. The van der Waals surface area contributed by atoms with Gasteiger partial charge >= 0.3 is 5.97 Å². The maximum Gasteiger partial charge on any atom is 0.303 e. The fraction of sp³-hybridized carbons (Fsp3) is 0.195. The number of amides is 1. The van der Waals surface area contributed by atoms with E-state index in [0.717, 1.165) is 69.3 Å². The number of halogens is 1. The molecule has 2 aliphatic rings. The van der Waals surface area contributed by atoms with E-state index in [1.807, 2.05) is 54.6 Å². The number of nitrogens with one attached hydrogen (secondary N) is 1. The molecule has 2 aliphatic carbocycles. The lowest BCUT2D eigenvalue weighted by molar-refractivity contribution is -0.137. The van der Waals surface area contributed by atoms with Crippen LogP contribution in [0.5, 0.6) is 0 Å². The molecule has 0 fully saturated rings. The number of hydrogen-bond donors (Lipinski definition) is 3. The number of ketones is 1. The van der Waals surface area contributed by atoms with Crippen molar-refractivity contribution in [2.24, 2.45) is 5.73 Å². The number of fused-ring (bicyclic) bond motifs is 5. The SMILES string of the molecule is NCc1ccccc1-c1ccccc1C(=O)Nc1ccc(C(=O)C2Cc3ccccc3-c3ccc4c(c32)CCCC4CC(=O)O)cc1Cl. The van der Waals surface area contributed by atoms with Gasteiger partial charge in [0.2, 0.25) is 0 Å². The van der Waals surface area contributed by atoms with Gasteiger partial charge in [0, 0.05) is 17.7 Å². The van der Waals surface area contributed by atoms with Gasteiger partial charge in [0.25, 0.3) is 5.91 Å². The van der Waals surface area contributed by atoms with E-state index < -0.39 is 11.9 Å². The number of Topliss-reactive ketones (excluding diaryl/α,β-unsaturated/α-hetero) is 1. The molecule has 0 saturated heterocycles. The molecule has 0 bridgehead atoms. The van der Waals surface area contributed by atoms with E-state index in [9.17, 15) is 19.5 Å². The van der Waals surface area contributed by atoms with E-state index in [1.165, 1.54) is 0 Å². The number of anilines is 1. The van der Waals surface area contributed by atoms with Crippen LogP contribution < -0.4 is 11.1 Å². The minimum atomic E-state index is -0.811. The van der Waals surface area contributed by atoms with E-state index >= 15 is 0 Å². The van der Waals surface area contributed by atoms with Crippen LogP contribution in [0.25, 0.3) is 22.3 Å². The van der Waals surface area contributed by atoms with Crippen LogP contribution in [-0.2, 0) is 24.2 Å². The highest BCUT2D eigenvalue weighted by atomic mass is 35.5. The summed E-state index contributed by atoms with van der Waals surface area (Å²) in [5.74, 6) is -1.70. The molecule has 5 aromatic rings. The number of carbonyl (C=O) groups is 3. The molecule has 0 aromatic heterocycles. The standard InChI is InChI=1S/C41H35ClN2O4/c42-36-21-26(16-19-37(36)44-41(48)34-14-6-5-13-31(34)29-12-4-2-9-27(29)23-43)40(47)35-20-24-8-1-3-11-28(24)33-18-17-30-25(22-38(45)46)10-7-15-32(30)39(33)35/h1-6,8-9,11-14,16-19,21,25,35H,7,10,15,20,22-23,43H2,(H,44,48)(H,45,46). The van der Waals surface area contributed by atoms with E-state index in [2.05, 4.69) is 29.6 Å². The zero-order valence-corrected chi connectivity index (χ0v) is 27.1. The van der Waals surface area contributed by atoms with Crippen molar-refractivity contribution in [1.29, 1.82) is 0 Å². The predicted octanol–water partition coefficient (Wildman–Crippen LogP) is 8.80. The molecule has 2 atom stereocenters. The Hall–Kier alpha value is -5.04. The summed E-state index contributed by atoms with van der Waals surface area (Å²) in [5.41, 5.74) is 16.4. The van der Waals surface area contributed by atoms with Gasteiger partial charge in [-0.25, -0.2) is 0 Å². The van der Waals surface area contributed by atoms with Gasteiger partial charge in [0.15, 0.2) is 5.78 Å². The third-order valence-electron chi connectivity index (χ3n) is 9.83. The van der Waals surface area contributed by atoms with Crippen molar-refractivity contribution in [2.45, 2.75) is 50.5 Å². The smallest absolute Gasteiger partial charge is 0.303 e. The molecule has 6 nitrogen and oxygen atoms in total. The number of rotatable bonds is 8. The average Bonchev–Trinajstić information content (AvgIpc) is 3.11. The third-order valence-corrected chi connectivity index (χ3v) is 10.1. The minimum Gasteiger partial charge on any atom is -0.481 e. The second-order valence-electron chi connectivity index (χ2n) is 12.6. The topological polar surface area (TPSA) is 109 Å². The summed E-state index contributed by atoms with van der Waals surface area (Å²) in [6.07, 6.45) is 3.13. The number of carboxylic acid groups (broad SMARTS) is 1. The van der Waals surface area contributed by atoms with Gasteiger partial charge in [0.05, 0.1) is 23.0 Å². The van der Waals surface area contributed by atoms with Crippen LogP contribution in [0.2, 0.25) is 5.02 Å². The Morgan fingerprint density at radius 3 is 2.33 bits per heavy atom. The number of aliphatic carboxylic acids is 1. The summed E-state index contributed by atoms with van der Waals surface area (Å²) < 4.78 is 0. The number of benzene rings is 5. The quantitative estimate of drug-likeness (QED) is 0.145. The summed E-state index contributed by atoms with van der Waals surface area (Å²) in [7, 11) is 0. The van der Waals surface area contributed by atoms with Crippen LogP contribution in [0.3, 0.4) is 0 Å². The Morgan fingerprint density at radius 1 is 0.833 bits per heavy atom. The maximum absolute atomic E-state index is 14.4.